The lowest BCUT2D eigenvalue weighted by Gasteiger charge is -2.26. The van der Waals surface area contributed by atoms with Crippen molar-refractivity contribution >= 4 is 17.4 Å². The summed E-state index contributed by atoms with van der Waals surface area (Å²) in [5, 5.41) is 11.3. The van der Waals surface area contributed by atoms with Crippen LogP contribution in [0.5, 0.6) is 11.5 Å². The molecule has 0 aliphatic carbocycles. The summed E-state index contributed by atoms with van der Waals surface area (Å²) < 4.78 is 11.2. The number of likely N-dealkylation sites (tertiary alicyclic amines) is 1. The zero-order valence-electron chi connectivity index (χ0n) is 19.3. The minimum Gasteiger partial charge on any atom is -0.507 e. The van der Waals surface area contributed by atoms with Crippen LogP contribution in [-0.4, -0.2) is 67.0 Å². The van der Waals surface area contributed by atoms with E-state index in [0.29, 0.717) is 37.6 Å². The third-order valence-electron chi connectivity index (χ3n) is 6.02. The number of Topliss-reactive ketones (excluding diaryl/α,β-unsaturated/α-hetero) is 1. The topological polar surface area (TPSA) is 79.3 Å². The van der Waals surface area contributed by atoms with E-state index >= 15 is 0 Å². The van der Waals surface area contributed by atoms with Gasteiger partial charge in [0.15, 0.2) is 0 Å². The van der Waals surface area contributed by atoms with Crippen LogP contribution < -0.4 is 9.47 Å². The van der Waals surface area contributed by atoms with Crippen LogP contribution in [0.2, 0.25) is 0 Å². The van der Waals surface area contributed by atoms with Crippen molar-refractivity contribution in [2.75, 3.05) is 40.4 Å². The van der Waals surface area contributed by atoms with Crippen LogP contribution in [0, 0.1) is 0 Å². The van der Waals surface area contributed by atoms with Gasteiger partial charge in [0.1, 0.15) is 17.3 Å². The van der Waals surface area contributed by atoms with E-state index in [9.17, 15) is 14.7 Å². The van der Waals surface area contributed by atoms with Gasteiger partial charge in [0.05, 0.1) is 24.8 Å². The van der Waals surface area contributed by atoms with Gasteiger partial charge in [-0.1, -0.05) is 12.1 Å². The van der Waals surface area contributed by atoms with Crippen LogP contribution in [-0.2, 0) is 16.0 Å². The van der Waals surface area contributed by atoms with Gasteiger partial charge in [-0.15, -0.1) is 0 Å². The van der Waals surface area contributed by atoms with Crippen LogP contribution in [0.4, 0.5) is 0 Å². The quantitative estimate of drug-likeness (QED) is 0.396. The number of nitrogens with zero attached hydrogens (tertiary/aromatic N) is 2. The minimum atomic E-state index is -0.673. The minimum absolute atomic E-state index is 0.111. The van der Waals surface area contributed by atoms with Crippen molar-refractivity contribution in [2.24, 2.45) is 0 Å². The van der Waals surface area contributed by atoms with Gasteiger partial charge in [0, 0.05) is 18.7 Å². The maximum atomic E-state index is 13.1. The van der Waals surface area contributed by atoms with E-state index in [2.05, 4.69) is 0 Å². The molecule has 1 saturated heterocycles. The van der Waals surface area contributed by atoms with E-state index in [0.717, 1.165) is 29.7 Å². The van der Waals surface area contributed by atoms with E-state index < -0.39 is 17.7 Å². The summed E-state index contributed by atoms with van der Waals surface area (Å²) in [7, 11) is 3.83. The molecule has 7 heteroatoms. The zero-order valence-corrected chi connectivity index (χ0v) is 19.3. The molecule has 0 bridgehead atoms. The van der Waals surface area contributed by atoms with Gasteiger partial charge in [0.2, 0.25) is 0 Å². The van der Waals surface area contributed by atoms with Gasteiger partial charge in [-0.3, -0.25) is 9.59 Å². The Kier molecular flexibility index (Phi) is 6.70. The molecule has 0 aromatic heterocycles. The number of amides is 1. The number of carbonyl (C=O) groups is 2. The number of ketones is 1. The number of hydrogen-bond acceptors (Lipinski definition) is 6. The van der Waals surface area contributed by atoms with E-state index in [4.69, 9.17) is 9.47 Å². The largest absolute Gasteiger partial charge is 0.507 e. The summed E-state index contributed by atoms with van der Waals surface area (Å²) in [5.74, 6) is 0.0825. The number of carbonyl (C=O) groups excluding carboxylic acids is 2. The van der Waals surface area contributed by atoms with Crippen LogP contribution in [0.3, 0.4) is 0 Å². The van der Waals surface area contributed by atoms with Crippen molar-refractivity contribution in [1.29, 1.82) is 0 Å². The van der Waals surface area contributed by atoms with Gasteiger partial charge in [-0.2, -0.15) is 0 Å². The molecule has 0 spiro atoms. The molecule has 2 aliphatic rings. The Labute approximate surface area is 194 Å². The Bertz CT molecular complexity index is 1070. The SMILES string of the molecule is CCOc1ccc(C2/C(=C(/O)c3ccc4c(c3)CCCO4)C(=O)C(=O)N2CCN(C)C)cc1. The van der Waals surface area contributed by atoms with E-state index in [1.165, 1.54) is 0 Å². The maximum absolute atomic E-state index is 13.1. The summed E-state index contributed by atoms with van der Waals surface area (Å²) in [6.07, 6.45) is 1.74. The zero-order chi connectivity index (χ0) is 23.5. The first kappa shape index (κ1) is 22.9. The molecule has 2 aliphatic heterocycles. The molecule has 1 atom stereocenters. The molecule has 33 heavy (non-hydrogen) atoms. The van der Waals surface area contributed by atoms with Crippen LogP contribution in [0.1, 0.15) is 36.1 Å². The first-order valence-corrected chi connectivity index (χ1v) is 11.3. The van der Waals surface area contributed by atoms with Crippen molar-refractivity contribution in [3.63, 3.8) is 0 Å². The number of aliphatic hydroxyl groups is 1. The standard InChI is InChI=1S/C26H30N2O5/c1-4-32-20-10-7-17(8-11-20)23-22(25(30)26(31)28(23)14-13-27(2)3)24(29)19-9-12-21-18(16-19)6-5-15-33-21/h7-12,16,23,29H,4-6,13-15H2,1-3H3/b24-22-. The summed E-state index contributed by atoms with van der Waals surface area (Å²) in [5.41, 5.74) is 2.37. The van der Waals surface area contributed by atoms with Crippen molar-refractivity contribution < 1.29 is 24.2 Å². The van der Waals surface area contributed by atoms with Crippen LogP contribution >= 0.6 is 0 Å². The van der Waals surface area contributed by atoms with E-state index in [1.54, 1.807) is 11.0 Å². The number of benzene rings is 2. The smallest absolute Gasteiger partial charge is 0.295 e. The number of likely N-dealkylation sites (N-methyl/N-ethyl adjacent to an activating group) is 1. The number of rotatable bonds is 7. The highest BCUT2D eigenvalue weighted by Gasteiger charge is 2.46. The predicted molar refractivity (Wildman–Crippen MR) is 125 cm³/mol. The van der Waals surface area contributed by atoms with Gasteiger partial charge < -0.3 is 24.4 Å². The van der Waals surface area contributed by atoms with Crippen molar-refractivity contribution in [3.8, 4) is 11.5 Å². The lowest BCUT2D eigenvalue weighted by atomic mass is 9.94. The van der Waals surface area contributed by atoms with Gasteiger partial charge >= 0.3 is 0 Å². The van der Waals surface area contributed by atoms with E-state index in [1.807, 2.05) is 62.3 Å². The molecule has 1 unspecified atom stereocenters. The maximum Gasteiger partial charge on any atom is 0.295 e. The fourth-order valence-corrected chi connectivity index (χ4v) is 4.34. The third-order valence-corrected chi connectivity index (χ3v) is 6.02. The molecule has 1 N–H and O–H groups in total. The highest BCUT2D eigenvalue weighted by molar-refractivity contribution is 6.46. The molecular weight excluding hydrogens is 420 g/mol. The molecule has 2 aromatic rings. The number of hydrogen-bond donors (Lipinski definition) is 1. The molecule has 174 valence electrons. The van der Waals surface area contributed by atoms with Crippen LogP contribution in [0.25, 0.3) is 5.76 Å². The Morgan fingerprint density at radius 3 is 2.64 bits per heavy atom. The van der Waals surface area contributed by atoms with Gasteiger partial charge in [-0.05, 0) is 75.3 Å². The Morgan fingerprint density at radius 1 is 1.18 bits per heavy atom. The second kappa shape index (κ2) is 9.67. The molecular formula is C26H30N2O5. The second-order valence-corrected chi connectivity index (χ2v) is 8.57. The van der Waals surface area contributed by atoms with Crippen molar-refractivity contribution in [1.82, 2.24) is 9.80 Å². The fraction of sp³-hybridized carbons (Fsp3) is 0.385. The van der Waals surface area contributed by atoms with Crippen molar-refractivity contribution in [2.45, 2.75) is 25.8 Å². The first-order chi connectivity index (χ1) is 15.9. The molecule has 4 rings (SSSR count). The highest BCUT2D eigenvalue weighted by Crippen LogP contribution is 2.40. The van der Waals surface area contributed by atoms with Crippen LogP contribution in [0.15, 0.2) is 48.0 Å². The third kappa shape index (κ3) is 4.59. The first-order valence-electron chi connectivity index (χ1n) is 11.3. The van der Waals surface area contributed by atoms with E-state index in [-0.39, 0.29) is 11.3 Å². The average molecular weight is 451 g/mol. The number of aryl methyl sites for hydroxylation is 1. The molecule has 2 heterocycles. The molecule has 0 radical (unpaired) electrons. The van der Waals surface area contributed by atoms with Gasteiger partial charge in [-0.25, -0.2) is 0 Å². The molecule has 1 amide bonds. The van der Waals surface area contributed by atoms with Crippen molar-refractivity contribution in [3.05, 3.63) is 64.7 Å². The molecule has 1 fully saturated rings. The number of aliphatic hydroxyl groups excluding tert-OH is 1. The number of fused-ring (bicyclic) bond motifs is 1. The summed E-state index contributed by atoms with van der Waals surface area (Å²) in [4.78, 5) is 29.7. The highest BCUT2D eigenvalue weighted by atomic mass is 16.5. The van der Waals surface area contributed by atoms with Gasteiger partial charge in [0.25, 0.3) is 11.7 Å². The second-order valence-electron chi connectivity index (χ2n) is 8.57. The molecule has 0 saturated carbocycles. The fourth-order valence-electron chi connectivity index (χ4n) is 4.34. The Hall–Kier alpha value is -3.32. The number of ether oxygens (including phenoxy) is 2. The molecule has 7 nitrogen and oxygen atoms in total. The monoisotopic (exact) mass is 450 g/mol. The predicted octanol–water partition coefficient (Wildman–Crippen LogP) is 3.39. The lowest BCUT2D eigenvalue weighted by molar-refractivity contribution is -0.140. The Morgan fingerprint density at radius 2 is 1.94 bits per heavy atom. The molecule has 2 aromatic carbocycles. The normalized spacial score (nSPS) is 19.5. The lowest BCUT2D eigenvalue weighted by Crippen LogP contribution is -2.35. The summed E-state index contributed by atoms with van der Waals surface area (Å²) >= 11 is 0. The summed E-state index contributed by atoms with van der Waals surface area (Å²) in [6, 6.07) is 12.1. The Balaban J connectivity index is 1.79. The average Bonchev–Trinajstić information content (AvgIpc) is 3.07. The summed E-state index contributed by atoms with van der Waals surface area (Å²) in [6.45, 7) is 4.09.